The number of hydrogen-bond acceptors (Lipinski definition) is 2. The Kier molecular flexibility index (Phi) is 4.71. The first-order valence-electron chi connectivity index (χ1n) is 5.75. The van der Waals surface area contributed by atoms with Gasteiger partial charge >= 0.3 is 6.03 Å². The van der Waals surface area contributed by atoms with Gasteiger partial charge in [0.05, 0.1) is 7.11 Å². The van der Waals surface area contributed by atoms with Crippen molar-refractivity contribution >= 4 is 40.6 Å². The fourth-order valence-electron chi connectivity index (χ4n) is 1.62. The van der Waals surface area contributed by atoms with Crippen LogP contribution in [0.3, 0.4) is 0 Å². The largest absolute Gasteiger partial charge is 0.497 e. The lowest BCUT2D eigenvalue weighted by molar-refractivity contribution is 0.262. The molecule has 0 aliphatic heterocycles. The molecule has 0 spiro atoms. The van der Waals surface area contributed by atoms with Gasteiger partial charge in [-0.1, -0.05) is 29.3 Å². The number of carbonyl (C=O) groups is 1. The predicted octanol–water partition coefficient (Wildman–Crippen LogP) is 4.65. The molecule has 104 valence electrons. The Morgan fingerprint density at radius 1 is 1.00 bits per heavy atom. The molecule has 20 heavy (non-hydrogen) atoms. The molecular weight excluding hydrogens is 299 g/mol. The van der Waals surface area contributed by atoms with Crippen LogP contribution < -0.4 is 15.4 Å². The molecular formula is C14H12Cl2N2O2. The van der Waals surface area contributed by atoms with Crippen molar-refractivity contribution in [1.82, 2.24) is 0 Å². The van der Waals surface area contributed by atoms with E-state index in [0.717, 1.165) is 0 Å². The quantitative estimate of drug-likeness (QED) is 0.867. The van der Waals surface area contributed by atoms with Gasteiger partial charge in [-0.05, 0) is 30.3 Å². The summed E-state index contributed by atoms with van der Waals surface area (Å²) >= 11 is 11.7. The molecule has 2 aromatic carbocycles. The van der Waals surface area contributed by atoms with Gasteiger partial charge in [0.2, 0.25) is 0 Å². The van der Waals surface area contributed by atoms with Gasteiger partial charge in [0.15, 0.2) is 0 Å². The first-order chi connectivity index (χ1) is 9.56. The Hall–Kier alpha value is -1.91. The van der Waals surface area contributed by atoms with Crippen molar-refractivity contribution in [2.24, 2.45) is 0 Å². The molecule has 4 nitrogen and oxygen atoms in total. The standard InChI is InChI=1S/C14H12Cl2N2O2/c1-20-13-4-2-3-11(8-13)17-14(19)18-12-6-9(15)5-10(16)7-12/h2-8H,1H3,(H2,17,18,19). The molecule has 0 saturated carbocycles. The van der Waals surface area contributed by atoms with Gasteiger partial charge in [0.1, 0.15) is 5.75 Å². The van der Waals surface area contributed by atoms with Crippen LogP contribution >= 0.6 is 23.2 Å². The van der Waals surface area contributed by atoms with E-state index in [4.69, 9.17) is 27.9 Å². The lowest BCUT2D eigenvalue weighted by Crippen LogP contribution is -2.19. The van der Waals surface area contributed by atoms with Gasteiger partial charge in [-0.2, -0.15) is 0 Å². The van der Waals surface area contributed by atoms with E-state index >= 15 is 0 Å². The fourth-order valence-corrected chi connectivity index (χ4v) is 2.15. The minimum Gasteiger partial charge on any atom is -0.497 e. The van der Waals surface area contributed by atoms with Crippen LogP contribution in [0.15, 0.2) is 42.5 Å². The molecule has 0 bridgehead atoms. The fraction of sp³-hybridized carbons (Fsp3) is 0.0714. The van der Waals surface area contributed by atoms with E-state index in [1.54, 1.807) is 49.6 Å². The van der Waals surface area contributed by atoms with Crippen LogP contribution in [-0.4, -0.2) is 13.1 Å². The van der Waals surface area contributed by atoms with Crippen LogP contribution in [0.1, 0.15) is 0 Å². The summed E-state index contributed by atoms with van der Waals surface area (Å²) in [5.41, 5.74) is 1.14. The van der Waals surface area contributed by atoms with E-state index in [1.165, 1.54) is 0 Å². The molecule has 0 unspecified atom stereocenters. The Morgan fingerprint density at radius 3 is 2.30 bits per heavy atom. The van der Waals surface area contributed by atoms with Gasteiger partial charge < -0.3 is 15.4 Å². The van der Waals surface area contributed by atoms with Crippen LogP contribution in [0.5, 0.6) is 5.75 Å². The SMILES string of the molecule is COc1cccc(NC(=O)Nc2cc(Cl)cc(Cl)c2)c1. The predicted molar refractivity (Wildman–Crippen MR) is 82.1 cm³/mol. The van der Waals surface area contributed by atoms with Gasteiger partial charge in [-0.25, -0.2) is 4.79 Å². The number of urea groups is 1. The second kappa shape index (κ2) is 6.50. The summed E-state index contributed by atoms with van der Waals surface area (Å²) in [5, 5.41) is 6.24. The number of carbonyl (C=O) groups excluding carboxylic acids is 1. The molecule has 0 aromatic heterocycles. The second-order valence-corrected chi connectivity index (χ2v) is 4.84. The first kappa shape index (κ1) is 14.5. The van der Waals surface area contributed by atoms with Gasteiger partial charge in [0, 0.05) is 27.5 Å². The van der Waals surface area contributed by atoms with Crippen LogP contribution in [0.25, 0.3) is 0 Å². The number of rotatable bonds is 3. The normalized spacial score (nSPS) is 9.95. The van der Waals surface area contributed by atoms with Crippen molar-refractivity contribution in [3.8, 4) is 5.75 Å². The number of methoxy groups -OCH3 is 1. The molecule has 0 radical (unpaired) electrons. The molecule has 0 fully saturated rings. The van der Waals surface area contributed by atoms with E-state index in [2.05, 4.69) is 10.6 Å². The maximum atomic E-state index is 11.9. The summed E-state index contributed by atoms with van der Waals surface area (Å²) in [6.07, 6.45) is 0. The number of ether oxygens (including phenoxy) is 1. The summed E-state index contributed by atoms with van der Waals surface area (Å²) in [7, 11) is 1.56. The van der Waals surface area contributed by atoms with Crippen LogP contribution in [0, 0.1) is 0 Å². The first-order valence-corrected chi connectivity index (χ1v) is 6.50. The molecule has 0 aliphatic rings. The van der Waals surface area contributed by atoms with E-state index < -0.39 is 6.03 Å². The van der Waals surface area contributed by atoms with Crippen molar-refractivity contribution in [2.75, 3.05) is 17.7 Å². The molecule has 2 amide bonds. The Labute approximate surface area is 126 Å². The van der Waals surface area contributed by atoms with Crippen LogP contribution in [0.4, 0.5) is 16.2 Å². The molecule has 0 aliphatic carbocycles. The third kappa shape index (κ3) is 4.05. The van der Waals surface area contributed by atoms with Crippen LogP contribution in [-0.2, 0) is 0 Å². The molecule has 0 saturated heterocycles. The van der Waals surface area contributed by atoms with Crippen molar-refractivity contribution in [3.63, 3.8) is 0 Å². The third-order valence-electron chi connectivity index (χ3n) is 2.45. The van der Waals surface area contributed by atoms with Crippen molar-refractivity contribution in [1.29, 1.82) is 0 Å². The lowest BCUT2D eigenvalue weighted by atomic mass is 10.3. The maximum Gasteiger partial charge on any atom is 0.323 e. The summed E-state index contributed by atoms with van der Waals surface area (Å²) in [6, 6.07) is 11.5. The monoisotopic (exact) mass is 310 g/mol. The number of benzene rings is 2. The zero-order valence-electron chi connectivity index (χ0n) is 10.6. The second-order valence-electron chi connectivity index (χ2n) is 3.97. The molecule has 2 N–H and O–H groups in total. The van der Waals surface area contributed by atoms with Gasteiger partial charge in [-0.15, -0.1) is 0 Å². The summed E-state index contributed by atoms with van der Waals surface area (Å²) in [5.74, 6) is 0.661. The summed E-state index contributed by atoms with van der Waals surface area (Å²) in [6.45, 7) is 0. The van der Waals surface area contributed by atoms with Crippen molar-refractivity contribution in [2.45, 2.75) is 0 Å². The Morgan fingerprint density at radius 2 is 1.65 bits per heavy atom. The van der Waals surface area contributed by atoms with E-state index in [0.29, 0.717) is 27.2 Å². The Bertz CT molecular complexity index is 612. The number of hydrogen-bond donors (Lipinski definition) is 2. The number of nitrogens with one attached hydrogen (secondary N) is 2. The Balaban J connectivity index is 2.04. The third-order valence-corrected chi connectivity index (χ3v) is 2.88. The average molecular weight is 311 g/mol. The smallest absolute Gasteiger partial charge is 0.323 e. The average Bonchev–Trinajstić information content (AvgIpc) is 2.37. The number of halogens is 2. The highest BCUT2D eigenvalue weighted by atomic mass is 35.5. The molecule has 0 heterocycles. The van der Waals surface area contributed by atoms with E-state index in [9.17, 15) is 4.79 Å². The van der Waals surface area contributed by atoms with Crippen molar-refractivity contribution < 1.29 is 9.53 Å². The number of anilines is 2. The van der Waals surface area contributed by atoms with E-state index in [1.807, 2.05) is 0 Å². The summed E-state index contributed by atoms with van der Waals surface area (Å²) in [4.78, 5) is 11.9. The van der Waals surface area contributed by atoms with Gasteiger partial charge in [-0.3, -0.25) is 0 Å². The lowest BCUT2D eigenvalue weighted by Gasteiger charge is -2.09. The van der Waals surface area contributed by atoms with Gasteiger partial charge in [0.25, 0.3) is 0 Å². The molecule has 2 aromatic rings. The number of amides is 2. The summed E-state index contributed by atoms with van der Waals surface area (Å²) < 4.78 is 5.08. The molecule has 2 rings (SSSR count). The molecule has 6 heteroatoms. The van der Waals surface area contributed by atoms with Crippen LogP contribution in [0.2, 0.25) is 10.0 Å². The highest BCUT2D eigenvalue weighted by Gasteiger charge is 2.05. The topological polar surface area (TPSA) is 50.4 Å². The highest BCUT2D eigenvalue weighted by molar-refractivity contribution is 6.35. The highest BCUT2D eigenvalue weighted by Crippen LogP contribution is 2.23. The van der Waals surface area contributed by atoms with E-state index in [-0.39, 0.29) is 0 Å². The minimum absolute atomic E-state index is 0.392. The minimum atomic E-state index is -0.392. The maximum absolute atomic E-state index is 11.9. The zero-order valence-corrected chi connectivity index (χ0v) is 12.1. The van der Waals surface area contributed by atoms with Crippen molar-refractivity contribution in [3.05, 3.63) is 52.5 Å². The molecule has 0 atom stereocenters. The zero-order chi connectivity index (χ0) is 14.5.